The van der Waals surface area contributed by atoms with Gasteiger partial charge in [0, 0.05) is 23.5 Å². The molecule has 2 unspecified atom stereocenters. The third kappa shape index (κ3) is 5.56. The number of nitrogens with zero attached hydrogens (tertiary/aromatic N) is 3. The van der Waals surface area contributed by atoms with Crippen LogP contribution >= 0.6 is 22.9 Å². The molecule has 37 heavy (non-hydrogen) atoms. The van der Waals surface area contributed by atoms with Crippen molar-refractivity contribution in [1.29, 1.82) is 0 Å². The maximum Gasteiger partial charge on any atom is 0.421 e. The summed E-state index contributed by atoms with van der Waals surface area (Å²) in [6, 6.07) is 8.74. The summed E-state index contributed by atoms with van der Waals surface area (Å²) in [6.45, 7) is 6.23. The molecule has 0 aliphatic carbocycles. The lowest BCUT2D eigenvalue weighted by Gasteiger charge is -2.26. The smallest absolute Gasteiger partial charge is 0.376 e. The molecule has 0 spiro atoms. The molecular formula is C25H24ClF3N4O2S2. The van der Waals surface area contributed by atoms with E-state index in [0.717, 1.165) is 16.3 Å². The fourth-order valence-corrected chi connectivity index (χ4v) is 5.80. The summed E-state index contributed by atoms with van der Waals surface area (Å²) in [4.78, 5) is 13.8. The van der Waals surface area contributed by atoms with E-state index in [0.29, 0.717) is 28.0 Å². The first-order valence-corrected chi connectivity index (χ1v) is 13.5. The molecule has 3 atom stereocenters. The number of rotatable bonds is 6. The Morgan fingerprint density at radius 2 is 1.73 bits per heavy atom. The van der Waals surface area contributed by atoms with Gasteiger partial charge < -0.3 is 5.11 Å². The number of hydrogen-bond donors (Lipinski definition) is 2. The first kappa shape index (κ1) is 27.6. The number of pyridine rings is 3. The molecule has 0 aliphatic heterocycles. The molecule has 6 nitrogen and oxygen atoms in total. The monoisotopic (exact) mass is 568 g/mol. The molecule has 2 N–H and O–H groups in total. The van der Waals surface area contributed by atoms with Gasteiger partial charge in [-0.25, -0.2) is 8.93 Å². The first-order valence-electron chi connectivity index (χ1n) is 11.1. The normalized spacial score (nSPS) is 15.9. The topological polar surface area (TPSA) is 88.0 Å². The van der Waals surface area contributed by atoms with Crippen LogP contribution in [0.2, 0.25) is 5.02 Å². The first-order chi connectivity index (χ1) is 17.2. The number of aliphatic hydroxyl groups is 1. The van der Waals surface area contributed by atoms with Crippen molar-refractivity contribution in [3.8, 4) is 11.4 Å². The van der Waals surface area contributed by atoms with E-state index >= 15 is 0 Å². The number of halogens is 4. The van der Waals surface area contributed by atoms with Gasteiger partial charge in [-0.3, -0.25) is 15.0 Å². The number of nitrogens with one attached hydrogen (secondary N) is 1. The molecule has 4 aromatic rings. The molecule has 0 bridgehead atoms. The van der Waals surface area contributed by atoms with Crippen LogP contribution in [-0.4, -0.2) is 35.2 Å². The highest BCUT2D eigenvalue weighted by molar-refractivity contribution is 7.84. The number of aromatic nitrogens is 3. The summed E-state index contributed by atoms with van der Waals surface area (Å²) in [5.74, 6) is 0. The molecule has 4 heterocycles. The second kappa shape index (κ2) is 10.0. The van der Waals surface area contributed by atoms with Gasteiger partial charge in [-0.1, -0.05) is 11.6 Å². The number of thiophene rings is 1. The Balaban J connectivity index is 1.84. The Morgan fingerprint density at radius 3 is 2.38 bits per heavy atom. The maximum absolute atomic E-state index is 13.4. The van der Waals surface area contributed by atoms with Gasteiger partial charge >= 0.3 is 6.18 Å². The van der Waals surface area contributed by atoms with Gasteiger partial charge in [0.25, 0.3) is 0 Å². The van der Waals surface area contributed by atoms with Crippen LogP contribution in [0.15, 0.2) is 55.0 Å². The van der Waals surface area contributed by atoms with E-state index in [1.54, 1.807) is 24.4 Å². The molecular weight excluding hydrogens is 545 g/mol. The average molecular weight is 569 g/mol. The molecule has 4 aromatic heterocycles. The fourth-order valence-electron chi connectivity index (χ4n) is 3.48. The second-order valence-corrected chi connectivity index (χ2v) is 13.0. The quantitative estimate of drug-likeness (QED) is 0.284. The van der Waals surface area contributed by atoms with Gasteiger partial charge in [-0.2, -0.15) is 13.2 Å². The molecule has 12 heteroatoms. The third-order valence-corrected chi connectivity index (χ3v) is 8.80. The summed E-state index contributed by atoms with van der Waals surface area (Å²) in [5, 5.41) is 11.3. The van der Waals surface area contributed by atoms with Crippen molar-refractivity contribution in [3.05, 3.63) is 76.1 Å². The molecule has 0 aliphatic rings. The van der Waals surface area contributed by atoms with Crippen molar-refractivity contribution < 1.29 is 22.5 Å². The van der Waals surface area contributed by atoms with Crippen molar-refractivity contribution in [2.45, 2.75) is 50.3 Å². The Bertz CT molecular complexity index is 1470. The molecule has 0 saturated heterocycles. The second-order valence-electron chi connectivity index (χ2n) is 9.53. The minimum Gasteiger partial charge on any atom is -0.376 e. The standard InChI is InChI=1S/C25H24ClF3N4O2S2/c1-23(2,3)37(35)33-21(19-16(26)6-5-9-31-19)18-12-14-7-10-32-20(22(14)36-18)17-13-15(8-11-30-17)24(4,34)25(27,28)29/h5-13,21,33-34H,1-4H3/t21?,24?,37-/m0/s1. The van der Waals surface area contributed by atoms with E-state index in [9.17, 15) is 22.5 Å². The molecule has 0 amide bonds. The van der Waals surface area contributed by atoms with Gasteiger partial charge in [-0.05, 0) is 75.0 Å². The molecule has 4 rings (SSSR count). The summed E-state index contributed by atoms with van der Waals surface area (Å²) in [6.07, 6.45) is -0.527. The van der Waals surface area contributed by atoms with Crippen LogP contribution in [0.25, 0.3) is 21.5 Å². The van der Waals surface area contributed by atoms with E-state index in [-0.39, 0.29) is 11.3 Å². The molecule has 196 valence electrons. The largest absolute Gasteiger partial charge is 0.421 e. The highest BCUT2D eigenvalue weighted by Crippen LogP contribution is 2.41. The van der Waals surface area contributed by atoms with Crippen LogP contribution in [0, 0.1) is 0 Å². The average Bonchev–Trinajstić information content (AvgIpc) is 3.26. The Hall–Kier alpha value is -2.44. The van der Waals surface area contributed by atoms with Crippen LogP contribution in [0.3, 0.4) is 0 Å². The van der Waals surface area contributed by atoms with Crippen LogP contribution in [-0.2, 0) is 16.6 Å². The van der Waals surface area contributed by atoms with Gasteiger partial charge in [0.1, 0.15) is 5.69 Å². The molecule has 0 fully saturated rings. The van der Waals surface area contributed by atoms with Crippen molar-refractivity contribution >= 4 is 44.0 Å². The number of hydrogen-bond acceptors (Lipinski definition) is 6. The van der Waals surface area contributed by atoms with E-state index in [1.165, 1.54) is 29.8 Å². The van der Waals surface area contributed by atoms with E-state index < -0.39 is 33.6 Å². The zero-order valence-electron chi connectivity index (χ0n) is 20.3. The van der Waals surface area contributed by atoms with Crippen LogP contribution in [0.4, 0.5) is 13.2 Å². The van der Waals surface area contributed by atoms with E-state index in [4.69, 9.17) is 11.6 Å². The zero-order chi connectivity index (χ0) is 27.2. The Morgan fingerprint density at radius 1 is 1.03 bits per heavy atom. The van der Waals surface area contributed by atoms with Gasteiger partial charge in [0.15, 0.2) is 5.60 Å². The predicted molar refractivity (Wildman–Crippen MR) is 141 cm³/mol. The van der Waals surface area contributed by atoms with E-state index in [2.05, 4.69) is 19.7 Å². The Kier molecular flexibility index (Phi) is 7.48. The third-order valence-electron chi connectivity index (χ3n) is 5.70. The molecule has 0 aromatic carbocycles. The highest BCUT2D eigenvalue weighted by Gasteiger charge is 2.51. The molecule has 0 saturated carbocycles. The summed E-state index contributed by atoms with van der Waals surface area (Å²) >= 11 is 7.77. The lowest BCUT2D eigenvalue weighted by atomic mass is 9.95. The van der Waals surface area contributed by atoms with Crippen molar-refractivity contribution in [2.24, 2.45) is 0 Å². The zero-order valence-corrected chi connectivity index (χ0v) is 22.7. The van der Waals surface area contributed by atoms with Crippen molar-refractivity contribution in [2.75, 3.05) is 0 Å². The number of alkyl halides is 3. The van der Waals surface area contributed by atoms with Crippen LogP contribution < -0.4 is 4.72 Å². The predicted octanol–water partition coefficient (Wildman–Crippen LogP) is 6.32. The summed E-state index contributed by atoms with van der Waals surface area (Å²) < 4.78 is 56.6. The lowest BCUT2D eigenvalue weighted by Crippen LogP contribution is -2.39. The van der Waals surface area contributed by atoms with Crippen LogP contribution in [0.1, 0.15) is 49.9 Å². The van der Waals surface area contributed by atoms with Crippen LogP contribution in [0.5, 0.6) is 0 Å². The minimum absolute atomic E-state index is 0.180. The number of fused-ring (bicyclic) bond motifs is 1. The van der Waals surface area contributed by atoms with Gasteiger partial charge in [0.2, 0.25) is 0 Å². The minimum atomic E-state index is -4.87. The highest BCUT2D eigenvalue weighted by atomic mass is 35.5. The maximum atomic E-state index is 13.4. The van der Waals surface area contributed by atoms with Crippen molar-refractivity contribution in [1.82, 2.24) is 19.7 Å². The molecule has 0 radical (unpaired) electrons. The van der Waals surface area contributed by atoms with Crippen molar-refractivity contribution in [3.63, 3.8) is 0 Å². The van der Waals surface area contributed by atoms with Gasteiger partial charge in [-0.15, -0.1) is 11.3 Å². The SMILES string of the molecule is CC(C)(C)[S@](=O)NC(c1cc2ccnc(-c3cc(C(C)(O)C(F)(F)F)ccn3)c2s1)c1ncccc1Cl. The fraction of sp³-hybridized carbons (Fsp3) is 0.320. The Labute approximate surface area is 223 Å². The lowest BCUT2D eigenvalue weighted by molar-refractivity contribution is -0.258. The van der Waals surface area contributed by atoms with E-state index in [1.807, 2.05) is 26.8 Å². The summed E-state index contributed by atoms with van der Waals surface area (Å²) in [7, 11) is -1.47. The summed E-state index contributed by atoms with van der Waals surface area (Å²) in [5.41, 5.74) is -2.37. The van der Waals surface area contributed by atoms with Gasteiger partial charge in [0.05, 0.1) is 42.9 Å².